The zero-order valence-electron chi connectivity index (χ0n) is 14.0. The Bertz CT molecular complexity index is 1070. The van der Waals surface area contributed by atoms with Crippen LogP contribution in [0.2, 0.25) is 5.02 Å². The van der Waals surface area contributed by atoms with Crippen molar-refractivity contribution in [3.63, 3.8) is 0 Å². The predicted octanol–water partition coefficient (Wildman–Crippen LogP) is 3.17. The number of hydrogen-bond acceptors (Lipinski definition) is 4. The maximum absolute atomic E-state index is 14.0. The van der Waals surface area contributed by atoms with E-state index in [0.29, 0.717) is 11.6 Å². The summed E-state index contributed by atoms with van der Waals surface area (Å²) in [6.45, 7) is -0.448. The highest BCUT2D eigenvalue weighted by Gasteiger charge is 2.37. The molecule has 1 aliphatic heterocycles. The molecule has 0 bridgehead atoms. The Kier molecular flexibility index (Phi) is 5.58. The Hall–Kier alpha value is -1.55. The third-order valence-corrected chi connectivity index (χ3v) is 8.85. The van der Waals surface area contributed by atoms with Crippen LogP contribution in [0.25, 0.3) is 0 Å². The van der Waals surface area contributed by atoms with Gasteiger partial charge in [-0.05, 0) is 30.2 Å². The summed E-state index contributed by atoms with van der Waals surface area (Å²) in [5.74, 6) is -2.54. The van der Waals surface area contributed by atoms with E-state index >= 15 is 0 Å². The molecule has 1 saturated heterocycles. The predicted molar refractivity (Wildman–Crippen MR) is 97.7 cm³/mol. The average Bonchev–Trinajstić information content (AvgIpc) is 2.73. The highest BCUT2D eigenvalue weighted by atomic mass is 35.5. The van der Waals surface area contributed by atoms with Gasteiger partial charge in [-0.1, -0.05) is 29.8 Å². The maximum Gasteiger partial charge on any atom is 0.246 e. The van der Waals surface area contributed by atoms with Crippen molar-refractivity contribution in [1.29, 1.82) is 0 Å². The zero-order chi connectivity index (χ0) is 19.8. The van der Waals surface area contributed by atoms with Crippen LogP contribution >= 0.6 is 11.6 Å². The Balaban J connectivity index is 1.94. The van der Waals surface area contributed by atoms with Crippen molar-refractivity contribution in [2.75, 3.05) is 18.8 Å². The largest absolute Gasteiger partial charge is 0.246 e. The van der Waals surface area contributed by atoms with Crippen LogP contribution in [0.15, 0.2) is 47.4 Å². The summed E-state index contributed by atoms with van der Waals surface area (Å²) in [4.78, 5) is -0.683. The molecule has 146 valence electrons. The van der Waals surface area contributed by atoms with Gasteiger partial charge in [0, 0.05) is 24.2 Å². The summed E-state index contributed by atoms with van der Waals surface area (Å²) in [5.41, 5.74) is 0.409. The van der Waals surface area contributed by atoms with Crippen LogP contribution in [0.5, 0.6) is 0 Å². The smallest absolute Gasteiger partial charge is 0.228 e. The molecule has 1 unspecified atom stereocenters. The molecule has 0 aliphatic carbocycles. The second kappa shape index (κ2) is 7.46. The lowest BCUT2D eigenvalue weighted by molar-refractivity contribution is 0.423. The van der Waals surface area contributed by atoms with Crippen molar-refractivity contribution < 1.29 is 25.6 Å². The lowest BCUT2D eigenvalue weighted by Crippen LogP contribution is -2.34. The molecule has 0 N–H and O–H groups in total. The average molecular weight is 436 g/mol. The van der Waals surface area contributed by atoms with E-state index in [0.717, 1.165) is 16.4 Å². The Morgan fingerprint density at radius 1 is 1.07 bits per heavy atom. The molecule has 5 nitrogen and oxygen atoms in total. The second-order valence-corrected chi connectivity index (χ2v) is 10.8. The van der Waals surface area contributed by atoms with E-state index in [1.54, 1.807) is 24.3 Å². The molecule has 10 heteroatoms. The molecule has 2 aromatic rings. The first-order valence-corrected chi connectivity index (χ1v) is 11.6. The van der Waals surface area contributed by atoms with Crippen LogP contribution in [0.4, 0.5) is 8.78 Å². The summed E-state index contributed by atoms with van der Waals surface area (Å²) in [5, 5.41) is -0.670. The third kappa shape index (κ3) is 4.01. The molecule has 1 atom stereocenters. The standard InChI is InChI=1S/C17H16ClF2NO4S2/c18-14-4-2-1-3-13(14)16-7-8-21(9-10-26(16,22)23)27(24,25)17-6-5-12(19)11-15(17)20/h1-6,11,16H,7-10H2. The van der Waals surface area contributed by atoms with Gasteiger partial charge < -0.3 is 0 Å². The molecule has 0 aromatic heterocycles. The fourth-order valence-corrected chi connectivity index (χ4v) is 6.84. The van der Waals surface area contributed by atoms with E-state index in [4.69, 9.17) is 11.6 Å². The highest BCUT2D eigenvalue weighted by Crippen LogP contribution is 2.35. The first-order chi connectivity index (χ1) is 12.6. The fourth-order valence-electron chi connectivity index (χ4n) is 3.07. The molecule has 0 amide bonds. The summed E-state index contributed by atoms with van der Waals surface area (Å²) in [7, 11) is -7.98. The first kappa shape index (κ1) is 20.2. The van der Waals surface area contributed by atoms with Crippen LogP contribution < -0.4 is 0 Å². The van der Waals surface area contributed by atoms with E-state index in [2.05, 4.69) is 0 Å². The Morgan fingerprint density at radius 3 is 2.44 bits per heavy atom. The van der Waals surface area contributed by atoms with Crippen LogP contribution in [-0.4, -0.2) is 40.0 Å². The molecule has 3 rings (SSSR count). The Morgan fingerprint density at radius 2 is 1.78 bits per heavy atom. The zero-order valence-corrected chi connectivity index (χ0v) is 16.4. The maximum atomic E-state index is 14.0. The molecule has 1 aliphatic rings. The minimum atomic E-state index is -4.30. The fraction of sp³-hybridized carbons (Fsp3) is 0.294. The van der Waals surface area contributed by atoms with Crippen molar-refractivity contribution in [1.82, 2.24) is 4.31 Å². The van der Waals surface area contributed by atoms with Crippen molar-refractivity contribution in [2.24, 2.45) is 0 Å². The molecular formula is C17H16ClF2NO4S2. The molecule has 0 spiro atoms. The summed E-state index contributed by atoms with van der Waals surface area (Å²) in [6.07, 6.45) is -0.0197. The van der Waals surface area contributed by atoms with E-state index < -0.39 is 47.4 Å². The van der Waals surface area contributed by atoms with Crippen molar-refractivity contribution in [3.8, 4) is 0 Å². The van der Waals surface area contributed by atoms with E-state index in [1.165, 1.54) is 0 Å². The SMILES string of the molecule is O=S1(=O)CCN(S(=O)(=O)c2ccc(F)cc2F)CCC1c1ccccc1Cl. The minimum absolute atomic E-state index is 0.0197. The van der Waals surface area contributed by atoms with Crippen LogP contribution in [0.1, 0.15) is 17.2 Å². The molecule has 27 heavy (non-hydrogen) atoms. The number of halogens is 3. The molecule has 1 fully saturated rings. The van der Waals surface area contributed by atoms with Gasteiger partial charge in [0.2, 0.25) is 10.0 Å². The highest BCUT2D eigenvalue weighted by molar-refractivity contribution is 7.92. The topological polar surface area (TPSA) is 71.5 Å². The van der Waals surface area contributed by atoms with Gasteiger partial charge in [0.15, 0.2) is 9.84 Å². The van der Waals surface area contributed by atoms with Gasteiger partial charge in [0.25, 0.3) is 0 Å². The summed E-state index contributed by atoms with van der Waals surface area (Å²) >= 11 is 6.11. The van der Waals surface area contributed by atoms with Crippen LogP contribution in [0, 0.1) is 11.6 Å². The monoisotopic (exact) mass is 435 g/mol. The van der Waals surface area contributed by atoms with E-state index in [1.807, 2.05) is 0 Å². The van der Waals surface area contributed by atoms with Gasteiger partial charge in [-0.15, -0.1) is 0 Å². The molecule has 1 heterocycles. The quantitative estimate of drug-likeness (QED) is 0.742. The lowest BCUT2D eigenvalue weighted by Gasteiger charge is -2.20. The van der Waals surface area contributed by atoms with Crippen molar-refractivity contribution >= 4 is 31.5 Å². The number of sulfone groups is 1. The normalized spacial score (nSPS) is 20.9. The minimum Gasteiger partial charge on any atom is -0.228 e. The van der Waals surface area contributed by atoms with Crippen molar-refractivity contribution in [3.05, 3.63) is 64.7 Å². The third-order valence-electron chi connectivity index (χ3n) is 4.46. The number of benzene rings is 2. The van der Waals surface area contributed by atoms with Gasteiger partial charge in [-0.2, -0.15) is 4.31 Å². The van der Waals surface area contributed by atoms with Crippen LogP contribution in [0.3, 0.4) is 0 Å². The number of nitrogens with zero attached hydrogens (tertiary/aromatic N) is 1. The van der Waals surface area contributed by atoms with Gasteiger partial charge in [-0.3, -0.25) is 0 Å². The first-order valence-electron chi connectivity index (χ1n) is 8.04. The molecule has 2 aromatic carbocycles. The number of rotatable bonds is 3. The number of hydrogen-bond donors (Lipinski definition) is 0. The summed E-state index contributed by atoms with van der Waals surface area (Å²) in [6, 6.07) is 8.65. The van der Waals surface area contributed by atoms with Gasteiger partial charge >= 0.3 is 0 Å². The van der Waals surface area contributed by atoms with Gasteiger partial charge in [0.1, 0.15) is 16.5 Å². The lowest BCUT2D eigenvalue weighted by atomic mass is 10.1. The molecule has 0 saturated carbocycles. The van der Waals surface area contributed by atoms with Gasteiger partial charge in [0.05, 0.1) is 11.0 Å². The van der Waals surface area contributed by atoms with Gasteiger partial charge in [-0.25, -0.2) is 25.6 Å². The second-order valence-electron chi connectivity index (χ2n) is 6.14. The number of sulfonamides is 1. The van der Waals surface area contributed by atoms with Crippen LogP contribution in [-0.2, 0) is 19.9 Å². The molecular weight excluding hydrogens is 420 g/mol. The molecule has 0 radical (unpaired) electrons. The van der Waals surface area contributed by atoms with Crippen molar-refractivity contribution in [2.45, 2.75) is 16.6 Å². The Labute approximate surface area is 161 Å². The van der Waals surface area contributed by atoms with E-state index in [-0.39, 0.29) is 24.5 Å². The van der Waals surface area contributed by atoms with E-state index in [9.17, 15) is 25.6 Å². The summed E-state index contributed by atoms with van der Waals surface area (Å²) < 4.78 is 78.8.